The summed E-state index contributed by atoms with van der Waals surface area (Å²) in [6.45, 7) is 0.205. The van der Waals surface area contributed by atoms with Gasteiger partial charge >= 0.3 is 0 Å². The molecular formula is C20H20N2O4S. The Bertz CT molecular complexity index is 871. The van der Waals surface area contributed by atoms with Gasteiger partial charge in [-0.15, -0.1) is 11.8 Å². The monoisotopic (exact) mass is 384 g/mol. The number of anilines is 2. The second-order valence-electron chi connectivity index (χ2n) is 6.41. The first-order valence-electron chi connectivity index (χ1n) is 8.89. The summed E-state index contributed by atoms with van der Waals surface area (Å²) in [4.78, 5) is 24.6. The van der Waals surface area contributed by atoms with Gasteiger partial charge in [-0.1, -0.05) is 18.2 Å². The second-order valence-corrected chi connectivity index (χ2v) is 7.72. The summed E-state index contributed by atoms with van der Waals surface area (Å²) in [6.07, 6.45) is 1.98. The molecule has 2 aromatic carbocycles. The lowest BCUT2D eigenvalue weighted by atomic mass is 10.1. The zero-order valence-electron chi connectivity index (χ0n) is 14.7. The van der Waals surface area contributed by atoms with E-state index < -0.39 is 0 Å². The molecule has 0 radical (unpaired) electrons. The van der Waals surface area contributed by atoms with Crippen molar-refractivity contribution in [3.63, 3.8) is 0 Å². The maximum Gasteiger partial charge on any atom is 0.237 e. The Hall–Kier alpha value is -2.67. The van der Waals surface area contributed by atoms with Crippen molar-refractivity contribution in [3.05, 3.63) is 48.0 Å². The Kier molecular flexibility index (Phi) is 5.20. The highest BCUT2D eigenvalue weighted by Crippen LogP contribution is 2.34. The number of fused-ring (bicyclic) bond motifs is 2. The van der Waals surface area contributed by atoms with Crippen LogP contribution in [-0.4, -0.2) is 29.6 Å². The maximum atomic E-state index is 12.4. The van der Waals surface area contributed by atoms with Crippen molar-refractivity contribution in [1.29, 1.82) is 0 Å². The number of hydrogen-bond donors (Lipinski definition) is 2. The van der Waals surface area contributed by atoms with E-state index in [1.165, 1.54) is 11.8 Å². The molecule has 2 aliphatic heterocycles. The number of ether oxygens (including phenoxy) is 2. The lowest BCUT2D eigenvalue weighted by Gasteiger charge is -2.12. The van der Waals surface area contributed by atoms with Crippen LogP contribution in [0.4, 0.5) is 11.4 Å². The fourth-order valence-electron chi connectivity index (χ4n) is 3.14. The number of carbonyl (C=O) groups excluding carboxylic acids is 2. The summed E-state index contributed by atoms with van der Waals surface area (Å²) in [5.74, 6) is 1.84. The molecule has 0 fully saturated rings. The Morgan fingerprint density at radius 1 is 1.19 bits per heavy atom. The molecular weight excluding hydrogens is 364 g/mol. The molecule has 2 aliphatic rings. The van der Waals surface area contributed by atoms with E-state index in [9.17, 15) is 9.59 Å². The van der Waals surface area contributed by atoms with E-state index in [0.717, 1.165) is 24.1 Å². The average molecular weight is 384 g/mol. The molecule has 4 rings (SSSR count). The SMILES string of the molecule is O=C(CCS[C@H]1CCc2ccccc2NC1=O)Nc1ccc2c(c1)OCO2. The highest BCUT2D eigenvalue weighted by atomic mass is 32.2. The van der Waals surface area contributed by atoms with Gasteiger partial charge in [0.2, 0.25) is 18.6 Å². The van der Waals surface area contributed by atoms with Gasteiger partial charge in [0.15, 0.2) is 11.5 Å². The van der Waals surface area contributed by atoms with E-state index in [4.69, 9.17) is 9.47 Å². The van der Waals surface area contributed by atoms with Crippen molar-refractivity contribution in [2.45, 2.75) is 24.5 Å². The van der Waals surface area contributed by atoms with Gasteiger partial charge in [0.05, 0.1) is 5.25 Å². The Morgan fingerprint density at radius 3 is 2.96 bits per heavy atom. The molecule has 2 N–H and O–H groups in total. The first-order valence-corrected chi connectivity index (χ1v) is 9.94. The lowest BCUT2D eigenvalue weighted by Crippen LogP contribution is -2.24. The van der Waals surface area contributed by atoms with Crippen LogP contribution in [0, 0.1) is 0 Å². The summed E-state index contributed by atoms with van der Waals surface area (Å²) >= 11 is 1.53. The second kappa shape index (κ2) is 7.92. The number of rotatable bonds is 5. The van der Waals surface area contributed by atoms with Crippen molar-refractivity contribution in [2.24, 2.45) is 0 Å². The molecule has 0 saturated carbocycles. The molecule has 0 aromatic heterocycles. The summed E-state index contributed by atoms with van der Waals surface area (Å²) in [6, 6.07) is 13.2. The first-order chi connectivity index (χ1) is 13.2. The van der Waals surface area contributed by atoms with Crippen LogP contribution in [0.3, 0.4) is 0 Å². The minimum atomic E-state index is -0.143. The number of aryl methyl sites for hydroxylation is 1. The quantitative estimate of drug-likeness (QED) is 0.826. The normalized spacial score (nSPS) is 17.6. The Labute approximate surface area is 161 Å². The standard InChI is InChI=1S/C20H20N2O4S/c23-19(21-14-6-7-16-17(11-14)26-12-25-16)9-10-27-18-8-5-13-3-1-2-4-15(13)22-20(18)24/h1-4,6-7,11,18H,5,8-10,12H2,(H,21,23)(H,22,24)/t18-/m0/s1. The van der Waals surface area contributed by atoms with Gasteiger partial charge in [0, 0.05) is 29.6 Å². The van der Waals surface area contributed by atoms with Crippen LogP contribution in [0.25, 0.3) is 0 Å². The molecule has 1 atom stereocenters. The molecule has 2 aromatic rings. The van der Waals surface area contributed by atoms with Crippen LogP contribution >= 0.6 is 11.8 Å². The van der Waals surface area contributed by atoms with Crippen LogP contribution in [0.15, 0.2) is 42.5 Å². The summed E-state index contributed by atoms with van der Waals surface area (Å²) < 4.78 is 10.6. The number of nitrogens with one attached hydrogen (secondary N) is 2. The van der Waals surface area contributed by atoms with Crippen molar-refractivity contribution in [2.75, 3.05) is 23.2 Å². The molecule has 2 heterocycles. The van der Waals surface area contributed by atoms with Gasteiger partial charge in [-0.25, -0.2) is 0 Å². The van der Waals surface area contributed by atoms with E-state index in [2.05, 4.69) is 10.6 Å². The van der Waals surface area contributed by atoms with Crippen LogP contribution < -0.4 is 20.1 Å². The van der Waals surface area contributed by atoms with E-state index >= 15 is 0 Å². The lowest BCUT2D eigenvalue weighted by molar-refractivity contribution is -0.116. The third-order valence-electron chi connectivity index (χ3n) is 4.55. The molecule has 140 valence electrons. The van der Waals surface area contributed by atoms with Gasteiger partial charge in [-0.05, 0) is 36.6 Å². The molecule has 6 nitrogen and oxygen atoms in total. The molecule has 0 spiro atoms. The van der Waals surface area contributed by atoms with Crippen molar-refractivity contribution in [1.82, 2.24) is 0 Å². The highest BCUT2D eigenvalue weighted by Gasteiger charge is 2.24. The van der Waals surface area contributed by atoms with Crippen molar-refractivity contribution < 1.29 is 19.1 Å². The molecule has 27 heavy (non-hydrogen) atoms. The number of thioether (sulfide) groups is 1. The minimum absolute atomic E-state index is 0.0149. The Balaban J connectivity index is 1.26. The average Bonchev–Trinajstić information content (AvgIpc) is 3.06. The summed E-state index contributed by atoms with van der Waals surface area (Å²) in [5.41, 5.74) is 2.73. The Morgan fingerprint density at radius 2 is 2.04 bits per heavy atom. The largest absolute Gasteiger partial charge is 0.454 e. The van der Waals surface area contributed by atoms with Crippen LogP contribution in [0.2, 0.25) is 0 Å². The zero-order valence-corrected chi connectivity index (χ0v) is 15.5. The maximum absolute atomic E-state index is 12.4. The first kappa shape index (κ1) is 17.7. The molecule has 0 aliphatic carbocycles. The van der Waals surface area contributed by atoms with Gasteiger partial charge < -0.3 is 20.1 Å². The van der Waals surface area contributed by atoms with E-state index in [1.54, 1.807) is 18.2 Å². The zero-order chi connectivity index (χ0) is 18.6. The predicted octanol–water partition coefficient (Wildman–Crippen LogP) is 3.43. The van der Waals surface area contributed by atoms with Crippen molar-refractivity contribution in [3.8, 4) is 11.5 Å². The topological polar surface area (TPSA) is 76.7 Å². The molecule has 0 saturated heterocycles. The number of amides is 2. The third kappa shape index (κ3) is 4.19. The van der Waals surface area contributed by atoms with Gasteiger partial charge in [-0.2, -0.15) is 0 Å². The van der Waals surface area contributed by atoms with Crippen LogP contribution in [-0.2, 0) is 16.0 Å². The highest BCUT2D eigenvalue weighted by molar-refractivity contribution is 8.00. The number of benzene rings is 2. The predicted molar refractivity (Wildman–Crippen MR) is 105 cm³/mol. The number of hydrogen-bond acceptors (Lipinski definition) is 5. The van der Waals surface area contributed by atoms with Crippen LogP contribution in [0.5, 0.6) is 11.5 Å². The smallest absolute Gasteiger partial charge is 0.237 e. The minimum Gasteiger partial charge on any atom is -0.454 e. The number of para-hydroxylation sites is 1. The van der Waals surface area contributed by atoms with Gasteiger partial charge in [-0.3, -0.25) is 9.59 Å². The van der Waals surface area contributed by atoms with Gasteiger partial charge in [0.25, 0.3) is 0 Å². The molecule has 2 amide bonds. The fourth-order valence-corrected chi connectivity index (χ4v) is 4.22. The number of carbonyl (C=O) groups is 2. The van der Waals surface area contributed by atoms with Gasteiger partial charge in [0.1, 0.15) is 0 Å². The van der Waals surface area contributed by atoms with E-state index in [-0.39, 0.29) is 23.9 Å². The fraction of sp³-hybridized carbons (Fsp3) is 0.300. The molecule has 0 unspecified atom stereocenters. The molecule has 7 heteroatoms. The van der Waals surface area contributed by atoms with E-state index in [0.29, 0.717) is 29.4 Å². The van der Waals surface area contributed by atoms with Crippen LogP contribution in [0.1, 0.15) is 18.4 Å². The van der Waals surface area contributed by atoms with E-state index in [1.807, 2.05) is 24.3 Å². The summed E-state index contributed by atoms with van der Waals surface area (Å²) in [5, 5.41) is 5.70. The third-order valence-corrected chi connectivity index (χ3v) is 5.84. The molecule has 0 bridgehead atoms. The van der Waals surface area contributed by atoms with Crippen molar-refractivity contribution >= 4 is 35.0 Å². The summed E-state index contributed by atoms with van der Waals surface area (Å²) in [7, 11) is 0.